The summed E-state index contributed by atoms with van der Waals surface area (Å²) in [6.45, 7) is 1.38. The Balaban J connectivity index is 1.45. The molecule has 1 aliphatic carbocycles. The third-order valence-corrected chi connectivity index (χ3v) is 4.03. The monoisotopic (exact) mass is 268 g/mol. The van der Waals surface area contributed by atoms with E-state index in [4.69, 9.17) is 4.74 Å². The molecule has 1 saturated carbocycles. The molecule has 2 aromatic rings. The second kappa shape index (κ2) is 5.78. The van der Waals surface area contributed by atoms with Crippen LogP contribution >= 0.6 is 0 Å². The van der Waals surface area contributed by atoms with Gasteiger partial charge in [-0.15, -0.1) is 0 Å². The van der Waals surface area contributed by atoms with Gasteiger partial charge in [0, 0.05) is 0 Å². The molecule has 0 bridgehead atoms. The molecule has 2 nitrogen and oxygen atoms in total. The van der Waals surface area contributed by atoms with E-state index in [9.17, 15) is 5.11 Å². The summed E-state index contributed by atoms with van der Waals surface area (Å²) in [5.41, 5.74) is 1.59. The first kappa shape index (κ1) is 13.3. The zero-order valence-electron chi connectivity index (χ0n) is 11.5. The maximum atomic E-state index is 10.5. The molecule has 0 aliphatic heterocycles. The standard InChI is InChI=1S/C18H20O2/c19-18(17-9-5-2-6-10-17)11-16(12-18)14-20-13-15-7-3-1-4-8-15/h1-10,16,19H,11-14H2. The highest BCUT2D eigenvalue weighted by Gasteiger charge is 2.43. The predicted octanol–water partition coefficient (Wildman–Crippen LogP) is 3.50. The van der Waals surface area contributed by atoms with E-state index in [0.29, 0.717) is 12.5 Å². The van der Waals surface area contributed by atoms with Crippen molar-refractivity contribution in [3.63, 3.8) is 0 Å². The van der Waals surface area contributed by atoms with Crippen LogP contribution in [0.1, 0.15) is 24.0 Å². The lowest BCUT2D eigenvalue weighted by molar-refractivity contribution is -0.104. The normalized spacial score (nSPS) is 25.1. The molecule has 0 unspecified atom stereocenters. The Labute approximate surface area is 120 Å². The zero-order valence-corrected chi connectivity index (χ0v) is 11.5. The molecule has 0 spiro atoms. The van der Waals surface area contributed by atoms with Gasteiger partial charge in [0.15, 0.2) is 0 Å². The van der Waals surface area contributed by atoms with Gasteiger partial charge in [-0.25, -0.2) is 0 Å². The summed E-state index contributed by atoms with van der Waals surface area (Å²) in [5.74, 6) is 0.462. The van der Waals surface area contributed by atoms with Gasteiger partial charge in [-0.3, -0.25) is 0 Å². The molecular formula is C18H20O2. The van der Waals surface area contributed by atoms with E-state index in [1.54, 1.807) is 0 Å². The number of hydrogen-bond acceptors (Lipinski definition) is 2. The van der Waals surface area contributed by atoms with Crippen LogP contribution in [0.4, 0.5) is 0 Å². The maximum absolute atomic E-state index is 10.5. The van der Waals surface area contributed by atoms with Gasteiger partial charge in [-0.2, -0.15) is 0 Å². The van der Waals surface area contributed by atoms with E-state index in [1.807, 2.05) is 48.5 Å². The van der Waals surface area contributed by atoms with Crippen molar-refractivity contribution in [3.8, 4) is 0 Å². The third kappa shape index (κ3) is 2.92. The second-order valence-corrected chi connectivity index (χ2v) is 5.67. The summed E-state index contributed by atoms with van der Waals surface area (Å²) in [5, 5.41) is 10.5. The van der Waals surface area contributed by atoms with Crippen LogP contribution in [-0.4, -0.2) is 11.7 Å². The van der Waals surface area contributed by atoms with Crippen molar-refractivity contribution in [1.82, 2.24) is 0 Å². The Bertz CT molecular complexity index is 530. The van der Waals surface area contributed by atoms with Crippen LogP contribution in [0.15, 0.2) is 60.7 Å². The molecule has 0 radical (unpaired) electrons. The molecule has 104 valence electrons. The van der Waals surface area contributed by atoms with E-state index in [2.05, 4.69) is 12.1 Å². The van der Waals surface area contributed by atoms with Crippen LogP contribution in [0.3, 0.4) is 0 Å². The summed E-state index contributed by atoms with van der Waals surface area (Å²) in [6, 6.07) is 20.1. The first-order chi connectivity index (χ1) is 9.76. The van der Waals surface area contributed by atoms with Crippen LogP contribution in [0.5, 0.6) is 0 Å². The Kier molecular flexibility index (Phi) is 3.86. The van der Waals surface area contributed by atoms with Gasteiger partial charge in [0.05, 0.1) is 18.8 Å². The van der Waals surface area contributed by atoms with Gasteiger partial charge in [0.1, 0.15) is 0 Å². The smallest absolute Gasteiger partial charge is 0.0903 e. The lowest BCUT2D eigenvalue weighted by atomic mass is 9.68. The molecule has 0 saturated heterocycles. The van der Waals surface area contributed by atoms with Crippen molar-refractivity contribution in [2.24, 2.45) is 5.92 Å². The van der Waals surface area contributed by atoms with Gasteiger partial charge in [0.25, 0.3) is 0 Å². The molecular weight excluding hydrogens is 248 g/mol. The van der Waals surface area contributed by atoms with E-state index in [0.717, 1.165) is 25.0 Å². The summed E-state index contributed by atoms with van der Waals surface area (Å²) < 4.78 is 5.74. The molecule has 2 heteroatoms. The van der Waals surface area contributed by atoms with Gasteiger partial charge < -0.3 is 9.84 Å². The first-order valence-electron chi connectivity index (χ1n) is 7.16. The number of hydrogen-bond donors (Lipinski definition) is 1. The molecule has 0 amide bonds. The average Bonchev–Trinajstić information content (AvgIpc) is 2.47. The number of aliphatic hydroxyl groups is 1. The fraction of sp³-hybridized carbons (Fsp3) is 0.333. The molecule has 0 aromatic heterocycles. The molecule has 2 aromatic carbocycles. The van der Waals surface area contributed by atoms with E-state index < -0.39 is 5.60 Å². The second-order valence-electron chi connectivity index (χ2n) is 5.67. The largest absolute Gasteiger partial charge is 0.385 e. The fourth-order valence-corrected chi connectivity index (χ4v) is 2.91. The molecule has 0 heterocycles. The minimum atomic E-state index is -0.637. The lowest BCUT2D eigenvalue weighted by Crippen LogP contribution is -2.42. The molecule has 1 fully saturated rings. The maximum Gasteiger partial charge on any atom is 0.0903 e. The van der Waals surface area contributed by atoms with Crippen molar-refractivity contribution in [1.29, 1.82) is 0 Å². The van der Waals surface area contributed by atoms with Crippen molar-refractivity contribution in [3.05, 3.63) is 71.8 Å². The number of rotatable bonds is 5. The summed E-state index contributed by atoms with van der Waals surface area (Å²) >= 11 is 0. The van der Waals surface area contributed by atoms with Gasteiger partial charge in [-0.05, 0) is 29.9 Å². The molecule has 20 heavy (non-hydrogen) atoms. The van der Waals surface area contributed by atoms with Crippen molar-refractivity contribution < 1.29 is 9.84 Å². The summed E-state index contributed by atoms with van der Waals surface area (Å²) in [6.07, 6.45) is 1.59. The number of benzene rings is 2. The van der Waals surface area contributed by atoms with E-state index in [1.165, 1.54) is 5.56 Å². The summed E-state index contributed by atoms with van der Waals surface area (Å²) in [7, 11) is 0. The van der Waals surface area contributed by atoms with Crippen molar-refractivity contribution >= 4 is 0 Å². The first-order valence-corrected chi connectivity index (χ1v) is 7.16. The predicted molar refractivity (Wildman–Crippen MR) is 79.2 cm³/mol. The van der Waals surface area contributed by atoms with Gasteiger partial charge >= 0.3 is 0 Å². The Morgan fingerprint density at radius 3 is 2.20 bits per heavy atom. The highest BCUT2D eigenvalue weighted by Crippen LogP contribution is 2.45. The van der Waals surface area contributed by atoms with Crippen LogP contribution in [-0.2, 0) is 16.9 Å². The average molecular weight is 268 g/mol. The highest BCUT2D eigenvalue weighted by atomic mass is 16.5. The van der Waals surface area contributed by atoms with Crippen LogP contribution in [0, 0.1) is 5.92 Å². The molecule has 1 aliphatic rings. The quantitative estimate of drug-likeness (QED) is 0.899. The van der Waals surface area contributed by atoms with E-state index >= 15 is 0 Å². The topological polar surface area (TPSA) is 29.5 Å². The zero-order chi connectivity index (χ0) is 13.8. The Morgan fingerprint density at radius 1 is 0.950 bits per heavy atom. The van der Waals surface area contributed by atoms with Crippen LogP contribution in [0.2, 0.25) is 0 Å². The van der Waals surface area contributed by atoms with Crippen LogP contribution in [0.25, 0.3) is 0 Å². The minimum Gasteiger partial charge on any atom is -0.385 e. The molecule has 1 N–H and O–H groups in total. The van der Waals surface area contributed by atoms with Crippen LogP contribution < -0.4 is 0 Å². The Morgan fingerprint density at radius 2 is 1.55 bits per heavy atom. The van der Waals surface area contributed by atoms with Gasteiger partial charge in [0.2, 0.25) is 0 Å². The molecule has 0 atom stereocenters. The lowest BCUT2D eigenvalue weighted by Gasteiger charge is -2.44. The summed E-state index contributed by atoms with van der Waals surface area (Å²) in [4.78, 5) is 0. The van der Waals surface area contributed by atoms with Crippen molar-refractivity contribution in [2.45, 2.75) is 25.0 Å². The SMILES string of the molecule is OC1(c2ccccc2)CC(COCc2ccccc2)C1. The van der Waals surface area contributed by atoms with Gasteiger partial charge in [-0.1, -0.05) is 60.7 Å². The number of ether oxygens (including phenoxy) is 1. The highest BCUT2D eigenvalue weighted by molar-refractivity contribution is 5.25. The third-order valence-electron chi connectivity index (χ3n) is 4.03. The fourth-order valence-electron chi connectivity index (χ4n) is 2.91. The molecule has 3 rings (SSSR count). The van der Waals surface area contributed by atoms with E-state index in [-0.39, 0.29) is 0 Å². The minimum absolute atomic E-state index is 0.462. The van der Waals surface area contributed by atoms with Crippen molar-refractivity contribution in [2.75, 3.05) is 6.61 Å². The Hall–Kier alpha value is -1.64.